The fourth-order valence-corrected chi connectivity index (χ4v) is 3.05. The van der Waals surface area contributed by atoms with Crippen molar-refractivity contribution < 1.29 is 14.0 Å². The molecule has 4 nitrogen and oxygen atoms in total. The van der Waals surface area contributed by atoms with Gasteiger partial charge in [0.05, 0.1) is 6.42 Å². The summed E-state index contributed by atoms with van der Waals surface area (Å²) in [5.74, 6) is -0.349. The predicted molar refractivity (Wildman–Crippen MR) is 95.3 cm³/mol. The lowest BCUT2D eigenvalue weighted by Gasteiger charge is -2.36. The zero-order chi connectivity index (χ0) is 17.8. The molecule has 0 atom stereocenters. The number of halogens is 1. The number of hydrogen-bond donors (Lipinski definition) is 0. The van der Waals surface area contributed by atoms with Crippen molar-refractivity contribution in [2.24, 2.45) is 0 Å². The molecule has 0 radical (unpaired) electrons. The van der Waals surface area contributed by atoms with Crippen LogP contribution in [0.15, 0.2) is 48.5 Å². The Labute approximate surface area is 146 Å². The van der Waals surface area contributed by atoms with Crippen LogP contribution in [0.3, 0.4) is 0 Å². The number of ketones is 1. The third kappa shape index (κ3) is 4.05. The van der Waals surface area contributed by atoms with E-state index in [-0.39, 0.29) is 23.9 Å². The largest absolute Gasteiger partial charge is 0.368 e. The summed E-state index contributed by atoms with van der Waals surface area (Å²) in [4.78, 5) is 27.9. The molecule has 1 heterocycles. The number of Topliss-reactive ketones (excluding diaryl/α,β-unsaturated/α-hetero) is 1. The Hall–Kier alpha value is -2.69. The highest BCUT2D eigenvalue weighted by atomic mass is 19.1. The molecular formula is C20H21FN2O2. The van der Waals surface area contributed by atoms with Crippen LogP contribution in [0.25, 0.3) is 0 Å². The second-order valence-corrected chi connectivity index (χ2v) is 6.24. The van der Waals surface area contributed by atoms with Crippen LogP contribution in [0.5, 0.6) is 0 Å². The molecule has 0 unspecified atom stereocenters. The van der Waals surface area contributed by atoms with E-state index in [1.54, 1.807) is 36.1 Å². The highest BCUT2D eigenvalue weighted by Crippen LogP contribution is 2.19. The molecule has 1 fully saturated rings. The molecule has 0 aliphatic carbocycles. The summed E-state index contributed by atoms with van der Waals surface area (Å²) >= 11 is 0. The first kappa shape index (κ1) is 17.1. The van der Waals surface area contributed by atoms with Crippen molar-refractivity contribution in [3.63, 3.8) is 0 Å². The average Bonchev–Trinajstić information content (AvgIpc) is 2.64. The fourth-order valence-electron chi connectivity index (χ4n) is 3.05. The van der Waals surface area contributed by atoms with Crippen molar-refractivity contribution in [1.82, 2.24) is 4.90 Å². The standard InChI is InChI=1S/C20H21FN2O2/c1-15(24)16-6-4-7-18(13-16)22-9-11-23(12-10-22)20(25)14-17-5-2-3-8-19(17)21/h2-8,13H,9-12,14H2,1H3. The molecule has 0 saturated carbocycles. The summed E-state index contributed by atoms with van der Waals surface area (Å²) in [5.41, 5.74) is 2.12. The van der Waals surface area contributed by atoms with Gasteiger partial charge < -0.3 is 9.80 Å². The molecule has 0 spiro atoms. The predicted octanol–water partition coefficient (Wildman–Crippen LogP) is 2.92. The Morgan fingerprint density at radius 3 is 2.40 bits per heavy atom. The van der Waals surface area contributed by atoms with Crippen LogP contribution < -0.4 is 4.90 Å². The Morgan fingerprint density at radius 2 is 1.72 bits per heavy atom. The molecule has 2 aromatic carbocycles. The molecule has 0 aromatic heterocycles. The van der Waals surface area contributed by atoms with Crippen molar-refractivity contribution in [2.75, 3.05) is 31.1 Å². The van der Waals surface area contributed by atoms with E-state index in [0.717, 1.165) is 5.69 Å². The van der Waals surface area contributed by atoms with E-state index in [4.69, 9.17) is 0 Å². The van der Waals surface area contributed by atoms with Crippen LogP contribution in [0, 0.1) is 5.82 Å². The third-order valence-corrected chi connectivity index (χ3v) is 4.55. The first-order valence-corrected chi connectivity index (χ1v) is 8.42. The lowest BCUT2D eigenvalue weighted by molar-refractivity contribution is -0.130. The van der Waals surface area contributed by atoms with Crippen molar-refractivity contribution in [2.45, 2.75) is 13.3 Å². The number of carbonyl (C=O) groups excluding carboxylic acids is 2. The molecule has 0 bridgehead atoms. The van der Waals surface area contributed by atoms with Gasteiger partial charge in [0.2, 0.25) is 5.91 Å². The number of nitrogens with zero attached hydrogens (tertiary/aromatic N) is 2. The van der Waals surface area contributed by atoms with E-state index < -0.39 is 0 Å². The van der Waals surface area contributed by atoms with E-state index in [1.165, 1.54) is 6.07 Å². The number of benzene rings is 2. The van der Waals surface area contributed by atoms with Gasteiger partial charge in [-0.05, 0) is 30.7 Å². The monoisotopic (exact) mass is 340 g/mol. The number of piperazine rings is 1. The first-order valence-electron chi connectivity index (χ1n) is 8.42. The van der Waals surface area contributed by atoms with Gasteiger partial charge in [-0.25, -0.2) is 4.39 Å². The van der Waals surface area contributed by atoms with E-state index in [2.05, 4.69) is 4.90 Å². The van der Waals surface area contributed by atoms with Crippen molar-refractivity contribution in [3.8, 4) is 0 Å². The zero-order valence-electron chi connectivity index (χ0n) is 14.2. The van der Waals surface area contributed by atoms with Crippen LogP contribution in [0.4, 0.5) is 10.1 Å². The van der Waals surface area contributed by atoms with Gasteiger partial charge in [0, 0.05) is 37.4 Å². The fraction of sp³-hybridized carbons (Fsp3) is 0.300. The highest BCUT2D eigenvalue weighted by molar-refractivity contribution is 5.95. The Balaban J connectivity index is 1.60. The SMILES string of the molecule is CC(=O)c1cccc(N2CCN(C(=O)Cc3ccccc3F)CC2)c1. The third-order valence-electron chi connectivity index (χ3n) is 4.55. The van der Waals surface area contributed by atoms with E-state index in [9.17, 15) is 14.0 Å². The van der Waals surface area contributed by atoms with Crippen molar-refractivity contribution in [3.05, 3.63) is 65.5 Å². The van der Waals surface area contributed by atoms with Crippen LogP contribution in [-0.2, 0) is 11.2 Å². The molecule has 25 heavy (non-hydrogen) atoms. The summed E-state index contributed by atoms with van der Waals surface area (Å²) in [6.45, 7) is 4.14. The zero-order valence-corrected chi connectivity index (χ0v) is 14.2. The number of hydrogen-bond acceptors (Lipinski definition) is 3. The molecule has 130 valence electrons. The molecule has 1 amide bonds. The topological polar surface area (TPSA) is 40.6 Å². The lowest BCUT2D eigenvalue weighted by atomic mass is 10.1. The maximum atomic E-state index is 13.7. The Bertz CT molecular complexity index is 783. The Kier molecular flexibility index (Phi) is 5.12. The molecular weight excluding hydrogens is 319 g/mol. The normalized spacial score (nSPS) is 14.5. The van der Waals surface area contributed by atoms with Gasteiger partial charge in [-0.2, -0.15) is 0 Å². The second-order valence-electron chi connectivity index (χ2n) is 6.24. The minimum absolute atomic E-state index is 0.0422. The number of amides is 1. The van der Waals surface area contributed by atoms with Gasteiger partial charge >= 0.3 is 0 Å². The second kappa shape index (κ2) is 7.47. The summed E-state index contributed by atoms with van der Waals surface area (Å²) < 4.78 is 13.7. The van der Waals surface area contributed by atoms with Crippen LogP contribution in [0.2, 0.25) is 0 Å². The van der Waals surface area contributed by atoms with Crippen LogP contribution in [0.1, 0.15) is 22.8 Å². The molecule has 2 aromatic rings. The summed E-state index contributed by atoms with van der Waals surface area (Å²) in [7, 11) is 0. The van der Waals surface area contributed by atoms with Crippen molar-refractivity contribution >= 4 is 17.4 Å². The smallest absolute Gasteiger partial charge is 0.227 e. The lowest BCUT2D eigenvalue weighted by Crippen LogP contribution is -2.49. The van der Waals surface area contributed by atoms with Gasteiger partial charge in [0.25, 0.3) is 0 Å². The average molecular weight is 340 g/mol. The van der Waals surface area contributed by atoms with Gasteiger partial charge in [-0.15, -0.1) is 0 Å². The summed E-state index contributed by atoms with van der Waals surface area (Å²) in [6, 6.07) is 13.9. The van der Waals surface area contributed by atoms with E-state index in [0.29, 0.717) is 37.3 Å². The minimum atomic E-state index is -0.337. The maximum Gasteiger partial charge on any atom is 0.227 e. The Morgan fingerprint density at radius 1 is 1.00 bits per heavy atom. The summed E-state index contributed by atoms with van der Waals surface area (Å²) in [6.07, 6.45) is 0.0898. The quantitative estimate of drug-likeness (QED) is 0.804. The molecule has 0 N–H and O–H groups in total. The van der Waals surface area contributed by atoms with Crippen LogP contribution >= 0.6 is 0 Å². The number of rotatable bonds is 4. The van der Waals surface area contributed by atoms with E-state index >= 15 is 0 Å². The van der Waals surface area contributed by atoms with Crippen LogP contribution in [-0.4, -0.2) is 42.8 Å². The van der Waals surface area contributed by atoms with Crippen molar-refractivity contribution in [1.29, 1.82) is 0 Å². The molecule has 1 aliphatic heterocycles. The van der Waals surface area contributed by atoms with E-state index in [1.807, 2.05) is 18.2 Å². The molecule has 1 aliphatic rings. The summed E-state index contributed by atoms with van der Waals surface area (Å²) in [5, 5.41) is 0. The van der Waals surface area contributed by atoms with Gasteiger partial charge in [-0.3, -0.25) is 9.59 Å². The maximum absolute atomic E-state index is 13.7. The molecule has 5 heteroatoms. The van der Waals surface area contributed by atoms with Gasteiger partial charge in [0.1, 0.15) is 5.82 Å². The minimum Gasteiger partial charge on any atom is -0.368 e. The van der Waals surface area contributed by atoms with Gasteiger partial charge in [-0.1, -0.05) is 30.3 Å². The highest BCUT2D eigenvalue weighted by Gasteiger charge is 2.22. The number of anilines is 1. The van der Waals surface area contributed by atoms with Gasteiger partial charge in [0.15, 0.2) is 5.78 Å². The molecule has 1 saturated heterocycles. The molecule has 3 rings (SSSR count). The number of carbonyl (C=O) groups is 2. The first-order chi connectivity index (χ1) is 12.0.